The van der Waals surface area contributed by atoms with Gasteiger partial charge >= 0.3 is 0 Å². The SMILES string of the molecule is CC(=O)C=C(C)O.Cc1cccc(C)c1-c1c[c-]c(-n2ccnn2)cc1.Cc1cccc(C)c1-c1c[c-]c(-n2cncn2)cc1.Cc1cccc(C)c1-c1c[c-]c(-n2cnnn2)cc1.[Ir].[Ir].[Ir].[Ir].[Pt].[Pt].[Pt].[c-]1ccccc1-n1ccnn1.[c-]1ccccc1-n1ccnn1.[c-]1ccccc1-n1cncn1.[c-]1ccccc1-n1cnnn1. The number of ketones is 1. The molecule has 0 saturated heterocycles. The van der Waals surface area contributed by atoms with Crippen LogP contribution in [0, 0.1) is 84.0 Å². The van der Waals surface area contributed by atoms with Crippen LogP contribution >= 0.6 is 0 Å². The van der Waals surface area contributed by atoms with E-state index in [-0.39, 0.29) is 155 Å². The van der Waals surface area contributed by atoms with Crippen molar-refractivity contribution in [2.75, 3.05) is 0 Å². The van der Waals surface area contributed by atoms with Crippen LogP contribution in [-0.2, 0) is 148 Å². The number of hydrogen-bond donors (Lipinski definition) is 1. The van der Waals surface area contributed by atoms with E-state index in [1.165, 1.54) is 100 Å². The summed E-state index contributed by atoms with van der Waals surface area (Å²) >= 11 is 0. The Kier molecular flexibility index (Phi) is 45.8. The van der Waals surface area contributed by atoms with E-state index in [9.17, 15) is 4.79 Å². The standard InChI is InChI=1S/2C16H14N3.C15H13N4.3C8H6N3.C7H5N4.C5H8O2.4Ir.3Pt/c1-12-4-3-5-13(2)16(12)14-6-8-15(9-7-14)19-11-17-10-18-19;1-12-4-3-5-13(2)16(12)14-6-8-15(9-7-14)19-11-10-17-18-19;1-11-4-3-5-12(2)15(11)13-6-8-14(9-7-13)19-10-16-17-18-19;1-2-4-8(5-3-1)11-7-9-6-10-11;2*1-2-4-8(5-3-1)11-7-6-9-10-11;1-2-4-7(5-3-1)11-6-8-9-10-11;1-4(6)3-5(2)7;;;;;;;/h2*3-8,10-11H,1-2H3;3-8,10H,1-2H3;3*1-4,6-7H;1-4,6H;3,6H,1-2H3;;;;;;;/q7*-1;;;;;;;;. The number of tetrazole rings is 2. The van der Waals surface area contributed by atoms with E-state index in [2.05, 4.69) is 239 Å². The topological polar surface area (TPSA) is 278 Å². The molecule has 32 heteroatoms. The number of carbonyl (C=O) groups excluding carboxylic acids is 1. The molecule has 17 rings (SSSR count). The average molecular weight is 2780 g/mol. The third-order valence-electron chi connectivity index (χ3n) is 15.4. The van der Waals surface area contributed by atoms with Crippen molar-refractivity contribution in [1.82, 2.24) is 115 Å². The smallest absolute Gasteiger partial charge is 0.155 e. The summed E-state index contributed by atoms with van der Waals surface area (Å²) in [4.78, 5) is 17.8. The summed E-state index contributed by atoms with van der Waals surface area (Å²) in [7, 11) is 0. The summed E-state index contributed by atoms with van der Waals surface area (Å²) in [6.07, 6.45) is 20.9. The van der Waals surface area contributed by atoms with Crippen LogP contribution in [0.2, 0.25) is 0 Å². The molecule has 0 spiro atoms. The molecule has 0 atom stereocenters. The average Bonchev–Trinajstić information content (AvgIpc) is 1.34. The summed E-state index contributed by atoms with van der Waals surface area (Å²) in [6.45, 7) is 15.6. The van der Waals surface area contributed by atoms with Crippen molar-refractivity contribution >= 4 is 5.78 Å². The van der Waals surface area contributed by atoms with Crippen LogP contribution in [0.4, 0.5) is 0 Å². The molecule has 0 fully saturated rings. The number of allylic oxidation sites excluding steroid dienone is 2. The summed E-state index contributed by atoms with van der Waals surface area (Å²) in [5, 5.41) is 61.0. The van der Waals surface area contributed by atoms with E-state index in [1.54, 1.807) is 82.7 Å². The molecule has 7 aromatic heterocycles. The van der Waals surface area contributed by atoms with Gasteiger partial charge in [0.15, 0.2) is 5.78 Å². The van der Waals surface area contributed by atoms with E-state index in [4.69, 9.17) is 5.11 Å². The molecular weight excluding hydrogens is 2710 g/mol. The van der Waals surface area contributed by atoms with Gasteiger partial charge in [0.1, 0.15) is 38.0 Å². The van der Waals surface area contributed by atoms with Crippen LogP contribution in [0.15, 0.2) is 293 Å². The minimum absolute atomic E-state index is 0. The molecule has 0 saturated carbocycles. The van der Waals surface area contributed by atoms with E-state index in [0.717, 1.165) is 45.4 Å². The summed E-state index contributed by atoms with van der Waals surface area (Å²) in [5.74, 6) is -0.0625. The zero-order valence-electron chi connectivity index (χ0n) is 62.6. The van der Waals surface area contributed by atoms with Gasteiger partial charge in [0, 0.05) is 168 Å². The summed E-state index contributed by atoms with van der Waals surface area (Å²) in [6, 6.07) is 89.5. The Balaban J connectivity index is 0.000000343. The predicted octanol–water partition coefficient (Wildman–Crippen LogP) is 14.1. The van der Waals surface area contributed by atoms with Crippen molar-refractivity contribution in [1.29, 1.82) is 0 Å². The minimum Gasteiger partial charge on any atom is -0.512 e. The monoisotopic (exact) mass is 2780 g/mol. The molecule has 115 heavy (non-hydrogen) atoms. The number of para-hydroxylation sites is 4. The van der Waals surface area contributed by atoms with Crippen LogP contribution in [0.1, 0.15) is 47.2 Å². The number of benzene rings is 10. The predicted molar refractivity (Wildman–Crippen MR) is 409 cm³/mol. The Hall–Kier alpha value is -10.1. The molecule has 0 unspecified atom stereocenters. The van der Waals surface area contributed by atoms with Gasteiger partial charge in [-0.3, -0.25) is 4.79 Å². The quantitative estimate of drug-likeness (QED) is 0.0715. The Morgan fingerprint density at radius 2 is 0.617 bits per heavy atom. The molecule has 604 valence electrons. The van der Waals surface area contributed by atoms with Crippen molar-refractivity contribution in [3.63, 3.8) is 0 Å². The van der Waals surface area contributed by atoms with E-state index in [1.807, 2.05) is 140 Å². The Morgan fingerprint density at radius 1 is 0.330 bits per heavy atom. The number of hydrogen-bond acceptors (Lipinski definition) is 18. The number of aryl methyl sites for hydroxylation is 6. The molecule has 1 N–H and O–H groups in total. The first-order valence-electron chi connectivity index (χ1n) is 33.5. The van der Waals surface area contributed by atoms with Gasteiger partial charge in [-0.05, 0) is 116 Å². The first kappa shape index (κ1) is 99.1. The van der Waals surface area contributed by atoms with Crippen molar-refractivity contribution in [2.24, 2.45) is 0 Å². The maximum absolute atomic E-state index is 10.0. The molecule has 4 radical (unpaired) electrons. The van der Waals surface area contributed by atoms with Crippen molar-refractivity contribution in [3.8, 4) is 73.2 Å². The molecular formula is C83H72Ir4N23O2Pt3-7. The zero-order chi connectivity index (χ0) is 75.7. The van der Waals surface area contributed by atoms with Crippen molar-refractivity contribution in [2.45, 2.75) is 55.4 Å². The largest absolute Gasteiger partial charge is 0.512 e. The summed E-state index contributed by atoms with van der Waals surface area (Å²) < 4.78 is 11.6. The van der Waals surface area contributed by atoms with Gasteiger partial charge < -0.3 is 5.11 Å². The molecule has 25 nitrogen and oxygen atoms in total. The second kappa shape index (κ2) is 53.1. The maximum Gasteiger partial charge on any atom is 0.155 e. The first-order valence-corrected chi connectivity index (χ1v) is 33.5. The van der Waals surface area contributed by atoms with Gasteiger partial charge in [-0.25, -0.2) is 42.7 Å². The molecule has 10 aromatic carbocycles. The molecule has 0 bridgehead atoms. The normalized spacial score (nSPS) is 9.72. The third-order valence-corrected chi connectivity index (χ3v) is 15.4. The van der Waals surface area contributed by atoms with Gasteiger partial charge in [0.2, 0.25) is 0 Å². The number of aromatic nitrogens is 23. The number of nitrogens with zero attached hydrogens (tertiary/aromatic N) is 23. The molecule has 0 aliphatic carbocycles. The number of rotatable bonds is 11. The second-order valence-electron chi connectivity index (χ2n) is 23.3. The molecule has 0 aliphatic heterocycles. The van der Waals surface area contributed by atoms with Crippen LogP contribution < -0.4 is 0 Å². The fraction of sp³-hybridized carbons (Fsp3) is 0.0964. The van der Waals surface area contributed by atoms with Gasteiger partial charge in [-0.2, -0.15) is 162 Å². The first-order chi connectivity index (χ1) is 52.8. The molecule has 17 aromatic rings. The Bertz CT molecular complexity index is 4780. The van der Waals surface area contributed by atoms with Crippen LogP contribution in [0.25, 0.3) is 73.2 Å². The number of carbonyl (C=O) groups is 1. The van der Waals surface area contributed by atoms with Crippen LogP contribution in [0.3, 0.4) is 0 Å². The third kappa shape index (κ3) is 30.9. The molecule has 0 aliphatic rings. The van der Waals surface area contributed by atoms with Crippen molar-refractivity contribution < 1.29 is 154 Å². The zero-order valence-corrected chi connectivity index (χ0v) is 79.0. The number of aliphatic hydroxyl groups is 1. The van der Waals surface area contributed by atoms with Gasteiger partial charge in [0.25, 0.3) is 0 Å². The summed E-state index contributed by atoms with van der Waals surface area (Å²) in [5.41, 5.74) is 21.2. The van der Waals surface area contributed by atoms with E-state index >= 15 is 0 Å². The molecule has 7 heterocycles. The number of aliphatic hydroxyl groups excluding tert-OH is 1. The fourth-order valence-corrected chi connectivity index (χ4v) is 10.6. The molecule has 0 amide bonds. The Morgan fingerprint density at radius 3 is 0.835 bits per heavy atom. The van der Waals surface area contributed by atoms with E-state index in [0.29, 0.717) is 0 Å². The van der Waals surface area contributed by atoms with Gasteiger partial charge in [-0.15, -0.1) is 84.6 Å². The van der Waals surface area contributed by atoms with Crippen molar-refractivity contribution in [3.05, 3.63) is 369 Å². The second-order valence-corrected chi connectivity index (χ2v) is 23.3. The fourth-order valence-electron chi connectivity index (χ4n) is 10.6. The van der Waals surface area contributed by atoms with Gasteiger partial charge in [0.05, 0.1) is 24.3 Å². The van der Waals surface area contributed by atoms with Crippen LogP contribution in [-0.4, -0.2) is 126 Å². The maximum atomic E-state index is 10.0. The minimum atomic E-state index is -0.125. The van der Waals surface area contributed by atoms with Gasteiger partial charge in [-0.1, -0.05) is 120 Å². The van der Waals surface area contributed by atoms with Crippen LogP contribution in [0.5, 0.6) is 0 Å². The van der Waals surface area contributed by atoms with E-state index < -0.39 is 0 Å². The Labute approximate surface area is 764 Å².